The molecule has 0 bridgehead atoms. The molecule has 0 N–H and O–H groups in total. The summed E-state index contributed by atoms with van der Waals surface area (Å²) in [6.45, 7) is 6.16. The summed E-state index contributed by atoms with van der Waals surface area (Å²) in [4.78, 5) is 2.40. The molecule has 4 nitrogen and oxygen atoms in total. The molecule has 0 spiro atoms. The summed E-state index contributed by atoms with van der Waals surface area (Å²) in [5.74, 6) is 0. The molecule has 2 aliphatic heterocycles. The van der Waals surface area contributed by atoms with Crippen LogP contribution in [-0.2, 0) is 14.2 Å². The minimum absolute atomic E-state index is 0.367. The van der Waals surface area contributed by atoms with Gasteiger partial charge in [0.1, 0.15) is 6.79 Å². The second-order valence-electron chi connectivity index (χ2n) is 3.52. The van der Waals surface area contributed by atoms with Crippen LogP contribution in [0.25, 0.3) is 0 Å². The lowest BCUT2D eigenvalue weighted by Gasteiger charge is -2.31. The number of hydrogen-bond acceptors (Lipinski definition) is 4. The van der Waals surface area contributed by atoms with Crippen molar-refractivity contribution < 1.29 is 14.2 Å². The second kappa shape index (κ2) is 4.91. The van der Waals surface area contributed by atoms with E-state index in [9.17, 15) is 0 Å². The molecule has 1 unspecified atom stereocenters. The molecule has 4 heteroatoms. The van der Waals surface area contributed by atoms with Crippen LogP contribution in [0.4, 0.5) is 0 Å². The van der Waals surface area contributed by atoms with E-state index < -0.39 is 0 Å². The molecule has 2 rings (SSSR count). The minimum Gasteiger partial charge on any atom is -0.379 e. The Hall–Kier alpha value is -0.160. The zero-order chi connectivity index (χ0) is 8.93. The largest absolute Gasteiger partial charge is 0.379 e. The standard InChI is InChI=1S/C9H17NO3/c1-4-12-8-13-9(1)7-10-2-5-11-6-3-10/h9H,1-8H2. The van der Waals surface area contributed by atoms with Gasteiger partial charge < -0.3 is 14.2 Å². The van der Waals surface area contributed by atoms with E-state index in [-0.39, 0.29) is 0 Å². The van der Waals surface area contributed by atoms with Gasteiger partial charge in [-0.05, 0) is 6.42 Å². The zero-order valence-corrected chi connectivity index (χ0v) is 7.91. The van der Waals surface area contributed by atoms with Gasteiger partial charge in [-0.15, -0.1) is 0 Å². The van der Waals surface area contributed by atoms with Gasteiger partial charge in [0, 0.05) is 19.6 Å². The van der Waals surface area contributed by atoms with Gasteiger partial charge in [-0.2, -0.15) is 0 Å². The van der Waals surface area contributed by atoms with Crippen LogP contribution in [0.2, 0.25) is 0 Å². The third kappa shape index (κ3) is 2.91. The molecule has 1 atom stereocenters. The Morgan fingerprint density at radius 3 is 2.62 bits per heavy atom. The third-order valence-corrected chi connectivity index (χ3v) is 2.54. The molecular weight excluding hydrogens is 170 g/mol. The molecule has 0 aromatic rings. The first kappa shape index (κ1) is 9.40. The molecule has 0 aromatic heterocycles. The molecule has 2 heterocycles. The fourth-order valence-corrected chi connectivity index (χ4v) is 1.72. The highest BCUT2D eigenvalue weighted by molar-refractivity contribution is 4.69. The van der Waals surface area contributed by atoms with E-state index >= 15 is 0 Å². The quantitative estimate of drug-likeness (QED) is 0.612. The van der Waals surface area contributed by atoms with Crippen molar-refractivity contribution in [3.05, 3.63) is 0 Å². The van der Waals surface area contributed by atoms with E-state index in [4.69, 9.17) is 14.2 Å². The van der Waals surface area contributed by atoms with Gasteiger partial charge >= 0.3 is 0 Å². The minimum atomic E-state index is 0.367. The Kier molecular flexibility index (Phi) is 3.55. The normalized spacial score (nSPS) is 31.8. The highest BCUT2D eigenvalue weighted by atomic mass is 16.7. The molecule has 0 radical (unpaired) electrons. The molecule has 0 amide bonds. The van der Waals surface area contributed by atoms with Crippen LogP contribution in [-0.4, -0.2) is 57.3 Å². The van der Waals surface area contributed by atoms with Crippen LogP contribution >= 0.6 is 0 Å². The summed E-state index contributed by atoms with van der Waals surface area (Å²) >= 11 is 0. The van der Waals surface area contributed by atoms with Crippen LogP contribution in [0.1, 0.15) is 6.42 Å². The number of nitrogens with zero attached hydrogens (tertiary/aromatic N) is 1. The topological polar surface area (TPSA) is 30.9 Å². The van der Waals surface area contributed by atoms with Crippen molar-refractivity contribution in [3.63, 3.8) is 0 Å². The van der Waals surface area contributed by atoms with E-state index in [1.807, 2.05) is 0 Å². The number of morpholine rings is 1. The fourth-order valence-electron chi connectivity index (χ4n) is 1.72. The number of ether oxygens (including phenoxy) is 3. The Morgan fingerprint density at radius 2 is 1.92 bits per heavy atom. The van der Waals surface area contributed by atoms with E-state index in [0.29, 0.717) is 12.9 Å². The average molecular weight is 187 g/mol. The Labute approximate surface area is 78.7 Å². The average Bonchev–Trinajstić information content (AvgIpc) is 2.21. The maximum atomic E-state index is 5.48. The fraction of sp³-hybridized carbons (Fsp3) is 1.00. The molecule has 0 aromatic carbocycles. The van der Waals surface area contributed by atoms with Gasteiger partial charge in [0.15, 0.2) is 0 Å². The van der Waals surface area contributed by atoms with E-state index in [2.05, 4.69) is 4.90 Å². The van der Waals surface area contributed by atoms with Crippen LogP contribution in [0.15, 0.2) is 0 Å². The zero-order valence-electron chi connectivity index (χ0n) is 7.91. The summed E-state index contributed by atoms with van der Waals surface area (Å²) in [6, 6.07) is 0. The van der Waals surface area contributed by atoms with Crippen molar-refractivity contribution in [2.75, 3.05) is 46.2 Å². The predicted octanol–water partition coefficient (Wildman–Crippen LogP) is 0.0816. The predicted molar refractivity (Wildman–Crippen MR) is 47.6 cm³/mol. The van der Waals surface area contributed by atoms with Gasteiger partial charge in [0.25, 0.3) is 0 Å². The van der Waals surface area contributed by atoms with Crippen molar-refractivity contribution in [2.24, 2.45) is 0 Å². The highest BCUT2D eigenvalue weighted by Crippen LogP contribution is 2.09. The molecule has 76 valence electrons. The Balaban J connectivity index is 1.69. The molecular formula is C9H17NO3. The summed E-state index contributed by atoms with van der Waals surface area (Å²) in [6.07, 6.45) is 1.39. The first-order chi connectivity index (χ1) is 6.45. The van der Waals surface area contributed by atoms with Gasteiger partial charge in [0.2, 0.25) is 0 Å². The molecule has 2 aliphatic rings. The lowest BCUT2D eigenvalue weighted by Crippen LogP contribution is -2.43. The third-order valence-electron chi connectivity index (χ3n) is 2.54. The van der Waals surface area contributed by atoms with Gasteiger partial charge in [-0.3, -0.25) is 4.90 Å². The summed E-state index contributed by atoms with van der Waals surface area (Å²) < 4.78 is 15.9. The van der Waals surface area contributed by atoms with Crippen LogP contribution < -0.4 is 0 Å². The summed E-state index contributed by atoms with van der Waals surface area (Å²) in [5, 5.41) is 0. The second-order valence-corrected chi connectivity index (χ2v) is 3.52. The van der Waals surface area contributed by atoms with Crippen LogP contribution in [0.3, 0.4) is 0 Å². The molecule has 2 saturated heterocycles. The van der Waals surface area contributed by atoms with Gasteiger partial charge in [0.05, 0.1) is 25.9 Å². The summed E-state index contributed by atoms with van der Waals surface area (Å²) in [7, 11) is 0. The molecule has 13 heavy (non-hydrogen) atoms. The first-order valence-corrected chi connectivity index (χ1v) is 4.94. The van der Waals surface area contributed by atoms with E-state index in [0.717, 1.165) is 45.9 Å². The first-order valence-electron chi connectivity index (χ1n) is 4.94. The maximum absolute atomic E-state index is 5.48. The maximum Gasteiger partial charge on any atom is 0.147 e. The SMILES string of the molecule is C1CN(CC2CCOCO2)CCO1. The van der Waals surface area contributed by atoms with E-state index in [1.54, 1.807) is 0 Å². The van der Waals surface area contributed by atoms with Crippen molar-refractivity contribution in [1.29, 1.82) is 0 Å². The highest BCUT2D eigenvalue weighted by Gasteiger charge is 2.19. The van der Waals surface area contributed by atoms with E-state index in [1.165, 1.54) is 0 Å². The number of hydrogen-bond donors (Lipinski definition) is 0. The van der Waals surface area contributed by atoms with Crippen LogP contribution in [0.5, 0.6) is 0 Å². The van der Waals surface area contributed by atoms with Crippen molar-refractivity contribution in [2.45, 2.75) is 12.5 Å². The monoisotopic (exact) mass is 187 g/mol. The Bertz CT molecular complexity index is 126. The smallest absolute Gasteiger partial charge is 0.147 e. The summed E-state index contributed by atoms with van der Waals surface area (Å²) in [5.41, 5.74) is 0. The number of rotatable bonds is 2. The van der Waals surface area contributed by atoms with Crippen molar-refractivity contribution in [3.8, 4) is 0 Å². The molecule has 2 fully saturated rings. The van der Waals surface area contributed by atoms with Gasteiger partial charge in [-0.1, -0.05) is 0 Å². The van der Waals surface area contributed by atoms with Gasteiger partial charge in [-0.25, -0.2) is 0 Å². The molecule has 0 saturated carbocycles. The Morgan fingerprint density at radius 1 is 1.08 bits per heavy atom. The lowest BCUT2D eigenvalue weighted by molar-refractivity contribution is -0.147. The van der Waals surface area contributed by atoms with Crippen molar-refractivity contribution >= 4 is 0 Å². The van der Waals surface area contributed by atoms with Crippen LogP contribution in [0, 0.1) is 0 Å². The van der Waals surface area contributed by atoms with Crippen molar-refractivity contribution in [1.82, 2.24) is 4.90 Å². The molecule has 0 aliphatic carbocycles. The lowest BCUT2D eigenvalue weighted by atomic mass is 10.2.